The first-order valence-corrected chi connectivity index (χ1v) is 11.1. The fourth-order valence-corrected chi connectivity index (χ4v) is 4.61. The summed E-state index contributed by atoms with van der Waals surface area (Å²) < 4.78 is 11.1. The zero-order valence-corrected chi connectivity index (χ0v) is 18.9. The summed E-state index contributed by atoms with van der Waals surface area (Å²) in [5.41, 5.74) is 2.93. The Balaban J connectivity index is 1.64. The first-order chi connectivity index (χ1) is 16.5. The molecule has 3 aromatic rings. The summed E-state index contributed by atoms with van der Waals surface area (Å²) in [6.45, 7) is 2.15. The number of Topliss-reactive ketones (excluding diaryl/α,β-unsaturated/α-hetero) is 1. The van der Waals surface area contributed by atoms with Crippen LogP contribution in [0.2, 0.25) is 0 Å². The predicted molar refractivity (Wildman–Crippen MR) is 125 cm³/mol. The number of aromatic nitrogens is 1. The fraction of sp³-hybridized carbons (Fsp3) is 0.222. The van der Waals surface area contributed by atoms with Crippen LogP contribution in [0, 0.1) is 0 Å². The van der Waals surface area contributed by atoms with Crippen molar-refractivity contribution in [2.75, 3.05) is 7.11 Å². The van der Waals surface area contributed by atoms with Gasteiger partial charge in [0.2, 0.25) is 0 Å². The number of hydrogen-bond donors (Lipinski definition) is 1. The molecular weight excluding hydrogens is 432 g/mol. The van der Waals surface area contributed by atoms with Gasteiger partial charge in [-0.15, -0.1) is 0 Å². The van der Waals surface area contributed by atoms with Crippen molar-refractivity contribution in [1.29, 1.82) is 0 Å². The highest BCUT2D eigenvalue weighted by Gasteiger charge is 2.46. The van der Waals surface area contributed by atoms with E-state index in [1.54, 1.807) is 55.9 Å². The molecule has 34 heavy (non-hydrogen) atoms. The molecule has 5 rings (SSSR count). The van der Waals surface area contributed by atoms with Gasteiger partial charge in [0, 0.05) is 30.9 Å². The van der Waals surface area contributed by atoms with Gasteiger partial charge in [-0.3, -0.25) is 14.6 Å². The first kappa shape index (κ1) is 21.7. The van der Waals surface area contributed by atoms with Crippen molar-refractivity contribution in [2.24, 2.45) is 0 Å². The lowest BCUT2D eigenvalue weighted by Crippen LogP contribution is -2.29. The summed E-state index contributed by atoms with van der Waals surface area (Å²) in [6, 6.07) is 15.4. The van der Waals surface area contributed by atoms with Crippen LogP contribution in [0.3, 0.4) is 0 Å². The van der Waals surface area contributed by atoms with Crippen LogP contribution in [-0.4, -0.2) is 39.9 Å². The van der Waals surface area contributed by atoms with Crippen LogP contribution in [0.4, 0.5) is 0 Å². The molecule has 0 saturated carbocycles. The minimum Gasteiger partial charge on any atom is -0.507 e. The molecule has 3 heterocycles. The number of likely N-dealkylation sites (tertiary alicyclic amines) is 1. The Morgan fingerprint density at radius 2 is 2.03 bits per heavy atom. The molecule has 2 aliphatic heterocycles. The molecule has 0 aliphatic carbocycles. The number of pyridine rings is 1. The van der Waals surface area contributed by atoms with E-state index in [0.29, 0.717) is 23.3 Å². The van der Waals surface area contributed by atoms with Crippen molar-refractivity contribution in [3.63, 3.8) is 0 Å². The Morgan fingerprint density at radius 1 is 1.18 bits per heavy atom. The van der Waals surface area contributed by atoms with E-state index in [1.165, 1.54) is 4.90 Å². The second-order valence-electron chi connectivity index (χ2n) is 8.52. The average molecular weight is 456 g/mol. The molecule has 1 N–H and O–H groups in total. The number of ether oxygens (including phenoxy) is 2. The van der Waals surface area contributed by atoms with Crippen LogP contribution in [0.5, 0.6) is 11.5 Å². The largest absolute Gasteiger partial charge is 0.507 e. The Morgan fingerprint density at radius 3 is 2.79 bits per heavy atom. The molecule has 1 saturated heterocycles. The minimum absolute atomic E-state index is 0.0501. The first-order valence-electron chi connectivity index (χ1n) is 11.1. The van der Waals surface area contributed by atoms with Gasteiger partial charge in [0.25, 0.3) is 11.7 Å². The average Bonchev–Trinajstić information content (AvgIpc) is 3.35. The molecule has 1 aromatic heterocycles. The lowest BCUT2D eigenvalue weighted by atomic mass is 9.94. The number of aliphatic hydroxyl groups excluding tert-OH is 1. The van der Waals surface area contributed by atoms with Crippen LogP contribution in [0.25, 0.3) is 5.76 Å². The number of nitrogens with zero attached hydrogens (tertiary/aromatic N) is 2. The summed E-state index contributed by atoms with van der Waals surface area (Å²) in [5, 5.41) is 11.3. The zero-order valence-electron chi connectivity index (χ0n) is 18.9. The Bertz CT molecular complexity index is 1300. The van der Waals surface area contributed by atoms with Crippen molar-refractivity contribution < 1.29 is 24.2 Å². The SMILES string of the molecule is COc1cccc([C@@H]2C(=C(O)c3ccc4c(c3)C[C@H](C)O4)C(=O)C(=O)N2Cc2cccnc2)c1. The molecule has 2 atom stereocenters. The number of aliphatic hydroxyl groups is 1. The number of carbonyl (C=O) groups is 2. The number of fused-ring (bicyclic) bond motifs is 1. The number of hydrogen-bond acceptors (Lipinski definition) is 6. The van der Waals surface area contributed by atoms with Gasteiger partial charge in [-0.05, 0) is 60.0 Å². The van der Waals surface area contributed by atoms with Crippen molar-refractivity contribution in [2.45, 2.75) is 32.0 Å². The van der Waals surface area contributed by atoms with Gasteiger partial charge in [-0.1, -0.05) is 18.2 Å². The number of rotatable bonds is 5. The Kier molecular flexibility index (Phi) is 5.53. The van der Waals surface area contributed by atoms with Crippen LogP contribution in [-0.2, 0) is 22.6 Å². The van der Waals surface area contributed by atoms with E-state index in [1.807, 2.05) is 25.1 Å². The van der Waals surface area contributed by atoms with E-state index < -0.39 is 17.7 Å². The van der Waals surface area contributed by atoms with Crippen LogP contribution in [0.1, 0.15) is 35.2 Å². The topological polar surface area (TPSA) is 89.0 Å². The molecule has 0 spiro atoms. The van der Waals surface area contributed by atoms with Crippen LogP contribution >= 0.6 is 0 Å². The van der Waals surface area contributed by atoms with Crippen LogP contribution in [0.15, 0.2) is 72.6 Å². The Hall–Kier alpha value is -4.13. The molecule has 1 fully saturated rings. The van der Waals surface area contributed by atoms with E-state index in [0.717, 1.165) is 16.9 Å². The lowest BCUT2D eigenvalue weighted by molar-refractivity contribution is -0.140. The smallest absolute Gasteiger partial charge is 0.295 e. The summed E-state index contributed by atoms with van der Waals surface area (Å²) in [4.78, 5) is 32.0. The Labute approximate surface area is 197 Å². The maximum atomic E-state index is 13.3. The highest BCUT2D eigenvalue weighted by molar-refractivity contribution is 6.46. The number of amides is 1. The van der Waals surface area contributed by atoms with Crippen molar-refractivity contribution >= 4 is 17.4 Å². The third-order valence-corrected chi connectivity index (χ3v) is 6.19. The molecule has 2 aliphatic rings. The summed E-state index contributed by atoms with van der Waals surface area (Å²) in [5.74, 6) is -0.239. The highest BCUT2D eigenvalue weighted by atomic mass is 16.5. The van der Waals surface area contributed by atoms with Crippen LogP contribution < -0.4 is 9.47 Å². The highest BCUT2D eigenvalue weighted by Crippen LogP contribution is 2.42. The molecule has 0 unspecified atom stereocenters. The van der Waals surface area contributed by atoms with E-state index in [4.69, 9.17) is 9.47 Å². The molecule has 0 radical (unpaired) electrons. The molecule has 1 amide bonds. The lowest BCUT2D eigenvalue weighted by Gasteiger charge is -2.25. The van der Waals surface area contributed by atoms with Gasteiger partial charge >= 0.3 is 0 Å². The van der Waals surface area contributed by atoms with Crippen molar-refractivity contribution in [3.05, 3.63) is 94.8 Å². The van der Waals surface area contributed by atoms with Gasteiger partial charge < -0.3 is 19.5 Å². The molecule has 172 valence electrons. The number of carbonyl (C=O) groups excluding carboxylic acids is 2. The normalized spacial score (nSPS) is 20.8. The van der Waals surface area contributed by atoms with Gasteiger partial charge in [0.1, 0.15) is 23.4 Å². The van der Waals surface area contributed by atoms with E-state index in [-0.39, 0.29) is 24.0 Å². The van der Waals surface area contributed by atoms with Crippen molar-refractivity contribution in [3.8, 4) is 11.5 Å². The number of methoxy groups -OCH3 is 1. The van der Waals surface area contributed by atoms with Gasteiger partial charge in [-0.2, -0.15) is 0 Å². The molecule has 7 nitrogen and oxygen atoms in total. The molecular formula is C27H24N2O5. The van der Waals surface area contributed by atoms with E-state index >= 15 is 0 Å². The van der Waals surface area contributed by atoms with Gasteiger partial charge in [-0.25, -0.2) is 0 Å². The summed E-state index contributed by atoms with van der Waals surface area (Å²) in [7, 11) is 1.55. The quantitative estimate of drug-likeness (QED) is 0.354. The van der Waals surface area contributed by atoms with E-state index in [2.05, 4.69) is 4.98 Å². The molecule has 7 heteroatoms. The third kappa shape index (κ3) is 3.79. The minimum atomic E-state index is -0.779. The van der Waals surface area contributed by atoms with Gasteiger partial charge in [0.15, 0.2) is 0 Å². The summed E-state index contributed by atoms with van der Waals surface area (Å²) in [6.07, 6.45) is 4.07. The summed E-state index contributed by atoms with van der Waals surface area (Å²) >= 11 is 0. The predicted octanol–water partition coefficient (Wildman–Crippen LogP) is 4.04. The second-order valence-corrected chi connectivity index (χ2v) is 8.52. The van der Waals surface area contributed by atoms with E-state index in [9.17, 15) is 14.7 Å². The number of ketones is 1. The maximum Gasteiger partial charge on any atom is 0.295 e. The number of benzene rings is 2. The third-order valence-electron chi connectivity index (χ3n) is 6.19. The maximum absolute atomic E-state index is 13.3. The second kappa shape index (κ2) is 8.67. The molecule has 2 aromatic carbocycles. The monoisotopic (exact) mass is 456 g/mol. The fourth-order valence-electron chi connectivity index (χ4n) is 4.61. The zero-order chi connectivity index (χ0) is 23.8. The van der Waals surface area contributed by atoms with Crippen molar-refractivity contribution in [1.82, 2.24) is 9.88 Å². The standard InChI is InChI=1S/C27H24N2O5/c1-16-11-20-12-19(8-9-22(20)34-16)25(30)23-24(18-6-3-7-21(13-18)33-2)29(27(32)26(23)31)15-17-5-4-10-28-14-17/h3-10,12-14,16,24,30H,11,15H2,1-2H3/t16-,24+/m0/s1. The molecule has 0 bridgehead atoms. The van der Waals surface area contributed by atoms with Gasteiger partial charge in [0.05, 0.1) is 18.7 Å².